The van der Waals surface area contributed by atoms with Crippen LogP contribution in [0.5, 0.6) is 0 Å². The molecule has 1 spiro atoms. The summed E-state index contributed by atoms with van der Waals surface area (Å²) in [5, 5.41) is 7.12. The van der Waals surface area contributed by atoms with E-state index < -0.39 is 22.2 Å². The number of carboxylic acid groups (broad SMARTS) is 1. The van der Waals surface area contributed by atoms with E-state index in [4.69, 9.17) is 9.90 Å². The fourth-order valence-electron chi connectivity index (χ4n) is 4.03. The van der Waals surface area contributed by atoms with Crippen molar-refractivity contribution in [2.24, 2.45) is 11.3 Å². The van der Waals surface area contributed by atoms with E-state index in [1.54, 1.807) is 48.5 Å². The molecular formula is C22H24F3N3O5S. The number of rotatable bonds is 5. The third-order valence-corrected chi connectivity index (χ3v) is 7.82. The molecule has 34 heavy (non-hydrogen) atoms. The molecule has 2 unspecified atom stereocenters. The van der Waals surface area contributed by atoms with Crippen molar-refractivity contribution in [1.82, 2.24) is 14.2 Å². The van der Waals surface area contributed by atoms with Crippen LogP contribution in [0.4, 0.5) is 13.2 Å². The molecule has 0 bridgehead atoms. The summed E-state index contributed by atoms with van der Waals surface area (Å²) < 4.78 is 58.9. The van der Waals surface area contributed by atoms with Gasteiger partial charge >= 0.3 is 12.1 Å². The number of nitrogens with zero attached hydrogens (tertiary/aromatic N) is 3. The first-order chi connectivity index (χ1) is 15.9. The fraction of sp³-hybridized carbons (Fsp3) is 0.409. The van der Waals surface area contributed by atoms with Gasteiger partial charge in [0, 0.05) is 32.3 Å². The van der Waals surface area contributed by atoms with Crippen LogP contribution in [0.3, 0.4) is 0 Å². The maximum atomic E-state index is 12.8. The lowest BCUT2D eigenvalue weighted by Crippen LogP contribution is -2.32. The molecular weight excluding hydrogens is 475 g/mol. The number of amides is 1. The summed E-state index contributed by atoms with van der Waals surface area (Å²) in [5.41, 5.74) is 0.653. The number of carbonyl (C=O) groups is 2. The topological polar surface area (TPSA) is 108 Å². The SMILES string of the molecule is CN(Cc1ccccn1)C(=O)C1CC12CCN(S(=O)(=O)c1ccccc1)C2.O=C(O)C(F)(F)F. The molecule has 8 nitrogen and oxygen atoms in total. The van der Waals surface area contributed by atoms with Crippen LogP contribution in [0.2, 0.25) is 0 Å². The molecule has 0 radical (unpaired) electrons. The largest absolute Gasteiger partial charge is 0.490 e. The van der Waals surface area contributed by atoms with E-state index in [2.05, 4.69) is 4.98 Å². The third kappa shape index (κ3) is 5.73. The molecule has 12 heteroatoms. The van der Waals surface area contributed by atoms with Crippen molar-refractivity contribution in [2.75, 3.05) is 20.1 Å². The van der Waals surface area contributed by atoms with E-state index in [9.17, 15) is 26.4 Å². The van der Waals surface area contributed by atoms with Gasteiger partial charge in [0.1, 0.15) is 0 Å². The van der Waals surface area contributed by atoms with Crippen LogP contribution in [0.15, 0.2) is 59.6 Å². The van der Waals surface area contributed by atoms with Crippen molar-refractivity contribution in [1.29, 1.82) is 0 Å². The smallest absolute Gasteiger partial charge is 0.475 e. The van der Waals surface area contributed by atoms with Gasteiger partial charge in [0.2, 0.25) is 15.9 Å². The number of hydrogen-bond donors (Lipinski definition) is 1. The maximum Gasteiger partial charge on any atom is 0.490 e. The number of hydrogen-bond acceptors (Lipinski definition) is 5. The maximum absolute atomic E-state index is 12.8. The van der Waals surface area contributed by atoms with Gasteiger partial charge in [-0.25, -0.2) is 13.2 Å². The second-order valence-electron chi connectivity index (χ2n) is 8.34. The van der Waals surface area contributed by atoms with Crippen molar-refractivity contribution in [2.45, 2.75) is 30.5 Å². The average molecular weight is 500 g/mol. The Morgan fingerprint density at radius 3 is 2.35 bits per heavy atom. The van der Waals surface area contributed by atoms with Crippen LogP contribution in [0.25, 0.3) is 0 Å². The number of alkyl halides is 3. The molecule has 2 heterocycles. The summed E-state index contributed by atoms with van der Waals surface area (Å²) in [6.45, 7) is 1.38. The summed E-state index contributed by atoms with van der Waals surface area (Å²) in [4.78, 5) is 28.0. The molecule has 1 saturated heterocycles. The summed E-state index contributed by atoms with van der Waals surface area (Å²) in [6.07, 6.45) is -1.86. The molecule has 1 aromatic carbocycles. The highest BCUT2D eigenvalue weighted by Gasteiger charge is 2.62. The number of sulfonamides is 1. The van der Waals surface area contributed by atoms with Gasteiger partial charge < -0.3 is 10.0 Å². The summed E-state index contributed by atoms with van der Waals surface area (Å²) in [5.74, 6) is -2.77. The minimum Gasteiger partial charge on any atom is -0.475 e. The van der Waals surface area contributed by atoms with Crippen LogP contribution >= 0.6 is 0 Å². The Morgan fingerprint density at radius 2 is 1.79 bits per heavy atom. The minimum absolute atomic E-state index is 0.0830. The van der Waals surface area contributed by atoms with Crippen LogP contribution < -0.4 is 0 Å². The number of aromatic nitrogens is 1. The molecule has 1 N–H and O–H groups in total. The number of carbonyl (C=O) groups excluding carboxylic acids is 1. The number of aliphatic carboxylic acids is 1. The Bertz CT molecular complexity index is 1130. The van der Waals surface area contributed by atoms with E-state index in [0.717, 1.165) is 18.5 Å². The van der Waals surface area contributed by atoms with Crippen molar-refractivity contribution < 1.29 is 36.3 Å². The zero-order valence-corrected chi connectivity index (χ0v) is 19.1. The van der Waals surface area contributed by atoms with Crippen LogP contribution in [0, 0.1) is 11.3 Å². The van der Waals surface area contributed by atoms with Gasteiger partial charge in [-0.2, -0.15) is 17.5 Å². The van der Waals surface area contributed by atoms with Gasteiger partial charge in [-0.15, -0.1) is 0 Å². The third-order valence-electron chi connectivity index (χ3n) is 5.96. The van der Waals surface area contributed by atoms with Gasteiger partial charge in [0.25, 0.3) is 0 Å². The summed E-state index contributed by atoms with van der Waals surface area (Å²) in [6, 6.07) is 14.2. The molecule has 2 aliphatic rings. The average Bonchev–Trinajstić information content (AvgIpc) is 3.32. The number of benzene rings is 1. The quantitative estimate of drug-likeness (QED) is 0.678. The van der Waals surface area contributed by atoms with E-state index >= 15 is 0 Å². The van der Waals surface area contributed by atoms with Crippen LogP contribution in [-0.4, -0.2) is 65.9 Å². The van der Waals surface area contributed by atoms with Crippen molar-refractivity contribution >= 4 is 21.9 Å². The van der Waals surface area contributed by atoms with Gasteiger partial charge in [0.15, 0.2) is 0 Å². The minimum atomic E-state index is -5.08. The summed E-state index contributed by atoms with van der Waals surface area (Å²) in [7, 11) is -1.70. The highest BCUT2D eigenvalue weighted by atomic mass is 32.2. The first-order valence-corrected chi connectivity index (χ1v) is 11.8. The van der Waals surface area contributed by atoms with Gasteiger partial charge in [-0.3, -0.25) is 9.78 Å². The lowest BCUT2D eigenvalue weighted by molar-refractivity contribution is -0.192. The number of carboxylic acids is 1. The van der Waals surface area contributed by atoms with Crippen molar-refractivity contribution in [3.63, 3.8) is 0 Å². The Balaban J connectivity index is 0.000000406. The second kappa shape index (κ2) is 9.71. The standard InChI is InChI=1S/C20H23N3O3S.C2HF3O2/c1-22(14-16-7-5-6-11-21-16)19(24)18-13-20(18)10-12-23(15-20)27(25,26)17-8-3-2-4-9-17;3-2(4,5)1(6)7/h2-9,11,18H,10,12-15H2,1H3;(H,6,7). The lowest BCUT2D eigenvalue weighted by atomic mass is 10.0. The van der Waals surface area contributed by atoms with E-state index in [1.165, 1.54) is 4.31 Å². The zero-order chi connectivity index (χ0) is 25.1. The van der Waals surface area contributed by atoms with E-state index in [1.807, 2.05) is 18.2 Å². The van der Waals surface area contributed by atoms with E-state index in [0.29, 0.717) is 24.5 Å². The predicted molar refractivity (Wildman–Crippen MR) is 115 cm³/mol. The van der Waals surface area contributed by atoms with Gasteiger partial charge in [-0.1, -0.05) is 24.3 Å². The van der Waals surface area contributed by atoms with Crippen LogP contribution in [-0.2, 0) is 26.2 Å². The second-order valence-corrected chi connectivity index (χ2v) is 10.3. The van der Waals surface area contributed by atoms with Crippen LogP contribution in [0.1, 0.15) is 18.5 Å². The molecule has 4 rings (SSSR count). The summed E-state index contributed by atoms with van der Waals surface area (Å²) >= 11 is 0. The molecule has 1 aliphatic heterocycles. The molecule has 2 atom stereocenters. The lowest BCUT2D eigenvalue weighted by Gasteiger charge is -2.19. The van der Waals surface area contributed by atoms with Crippen molar-refractivity contribution in [3.05, 3.63) is 60.4 Å². The molecule has 2 fully saturated rings. The molecule has 2 aromatic rings. The Hall–Kier alpha value is -2.99. The Morgan fingerprint density at radius 1 is 1.18 bits per heavy atom. The molecule has 1 saturated carbocycles. The number of pyridine rings is 1. The van der Waals surface area contributed by atoms with Gasteiger partial charge in [0.05, 0.1) is 17.1 Å². The van der Waals surface area contributed by atoms with Crippen molar-refractivity contribution in [3.8, 4) is 0 Å². The van der Waals surface area contributed by atoms with Gasteiger partial charge in [-0.05, 0) is 42.5 Å². The van der Waals surface area contributed by atoms with E-state index in [-0.39, 0.29) is 17.2 Å². The first kappa shape index (κ1) is 25.6. The first-order valence-electron chi connectivity index (χ1n) is 10.4. The fourth-order valence-corrected chi connectivity index (χ4v) is 5.59. The highest BCUT2D eigenvalue weighted by molar-refractivity contribution is 7.89. The Labute approximate surface area is 195 Å². The number of halogens is 3. The normalized spacial score (nSPS) is 22.1. The Kier molecular flexibility index (Phi) is 7.32. The molecule has 1 aromatic heterocycles. The highest BCUT2D eigenvalue weighted by Crippen LogP contribution is 2.59. The zero-order valence-electron chi connectivity index (χ0n) is 18.3. The monoisotopic (exact) mass is 499 g/mol. The molecule has 1 amide bonds. The predicted octanol–water partition coefficient (Wildman–Crippen LogP) is 2.77. The molecule has 1 aliphatic carbocycles. The molecule has 184 valence electrons.